The van der Waals surface area contributed by atoms with E-state index in [-0.39, 0.29) is 7.33 Å². The topological polar surface area (TPSA) is 29.1 Å². The molecule has 0 atom stereocenters. The van der Waals surface area contributed by atoms with Crippen LogP contribution in [0.2, 0.25) is 0 Å². The van der Waals surface area contributed by atoms with Gasteiger partial charge in [-0.05, 0) is 24.6 Å². The summed E-state index contributed by atoms with van der Waals surface area (Å²) in [6, 6.07) is 17.5. The number of amides is 1. The fraction of sp³-hybridized carbons (Fsp3) is 0.235. The summed E-state index contributed by atoms with van der Waals surface area (Å²) in [5.74, 6) is -0.0335. The van der Waals surface area contributed by atoms with E-state index in [4.69, 9.17) is 0 Å². The molecule has 0 saturated carbocycles. The van der Waals surface area contributed by atoms with Gasteiger partial charge in [-0.25, -0.2) is 0 Å². The van der Waals surface area contributed by atoms with Crippen LogP contribution in [-0.4, -0.2) is 5.91 Å². The summed E-state index contributed by atoms with van der Waals surface area (Å²) in [7, 11) is 0. The van der Waals surface area contributed by atoms with Gasteiger partial charge in [0.05, 0.1) is 0 Å². The number of aryl methyl sites for hydroxylation is 1. The van der Waals surface area contributed by atoms with Gasteiger partial charge in [0.15, 0.2) is 0 Å². The third-order valence-electron chi connectivity index (χ3n) is 2.61. The van der Waals surface area contributed by atoms with Crippen LogP contribution in [-0.2, 0) is 6.54 Å². The van der Waals surface area contributed by atoms with Crippen molar-refractivity contribution in [1.29, 1.82) is 0 Å². The van der Waals surface area contributed by atoms with Gasteiger partial charge in [-0.15, -0.1) is 0 Å². The van der Waals surface area contributed by atoms with E-state index in [0.29, 0.717) is 12.1 Å². The van der Waals surface area contributed by atoms with E-state index in [1.165, 1.54) is 0 Å². The van der Waals surface area contributed by atoms with Gasteiger partial charge >= 0.3 is 0 Å². The van der Waals surface area contributed by atoms with Crippen LogP contribution in [0.4, 0.5) is 0 Å². The van der Waals surface area contributed by atoms with Gasteiger partial charge in [0.25, 0.3) is 5.91 Å². The Morgan fingerprint density at radius 2 is 1.58 bits per heavy atom. The molecule has 0 heterocycles. The van der Waals surface area contributed by atoms with Gasteiger partial charge in [0, 0.05) is 13.5 Å². The van der Waals surface area contributed by atoms with Crippen molar-refractivity contribution < 1.29 is 6.22 Å². The number of carbonyl (C=O) groups excluding carboxylic acids is 1. The minimum Gasteiger partial charge on any atom is -0.348 e. The summed E-state index contributed by atoms with van der Waals surface area (Å²) in [5.41, 5.74) is 2.96. The molecule has 19 heavy (non-hydrogen) atoms. The molecular formula is C17H23NO. The van der Waals surface area contributed by atoms with Crippen LogP contribution in [0.5, 0.6) is 0 Å². The Labute approximate surface area is 117 Å². The van der Waals surface area contributed by atoms with E-state index >= 15 is 0 Å². The molecule has 0 saturated heterocycles. The van der Waals surface area contributed by atoms with Crippen molar-refractivity contribution in [3.8, 4) is 0 Å². The Morgan fingerprint density at radius 3 is 2.16 bits per heavy atom. The number of nitrogens with one attached hydrogen (secondary N) is 1. The van der Waals surface area contributed by atoms with Crippen molar-refractivity contribution in [2.45, 2.75) is 27.3 Å². The lowest BCUT2D eigenvalue weighted by Gasteiger charge is -2.05. The standard InChI is InChI=1S/C15H15NO.C2H6.H2/c1-12-7-9-14(10-8-12)15(17)16-11-13-5-3-2-4-6-13;1-2;/h2-10H,11H2,1H3,(H,16,17);1-2H3;1H. The van der Waals surface area contributed by atoms with Crippen LogP contribution in [0, 0.1) is 6.92 Å². The zero-order chi connectivity index (χ0) is 14.1. The second-order valence-electron chi connectivity index (χ2n) is 4.03. The van der Waals surface area contributed by atoms with Crippen LogP contribution in [0.25, 0.3) is 0 Å². The van der Waals surface area contributed by atoms with Crippen molar-refractivity contribution >= 4 is 5.91 Å². The molecule has 0 unspecified atom stereocenters. The van der Waals surface area contributed by atoms with Crippen molar-refractivity contribution in [3.05, 3.63) is 71.3 Å². The average Bonchev–Trinajstić information content (AvgIpc) is 2.49. The molecule has 2 heteroatoms. The smallest absolute Gasteiger partial charge is 0.251 e. The van der Waals surface area contributed by atoms with E-state index in [9.17, 15) is 4.79 Å². The highest BCUT2D eigenvalue weighted by atomic mass is 16.1. The quantitative estimate of drug-likeness (QED) is 0.877. The zero-order valence-electron chi connectivity index (χ0n) is 11.8. The van der Waals surface area contributed by atoms with Gasteiger partial charge in [0.2, 0.25) is 0 Å². The molecule has 0 aliphatic rings. The molecule has 2 aromatic carbocycles. The summed E-state index contributed by atoms with van der Waals surface area (Å²) in [4.78, 5) is 11.8. The van der Waals surface area contributed by atoms with Gasteiger partial charge in [-0.1, -0.05) is 61.9 Å². The van der Waals surface area contributed by atoms with Crippen LogP contribution < -0.4 is 5.32 Å². The monoisotopic (exact) mass is 257 g/mol. The molecule has 102 valence electrons. The van der Waals surface area contributed by atoms with Crippen molar-refractivity contribution in [2.75, 3.05) is 0 Å². The molecule has 0 radical (unpaired) electrons. The summed E-state index contributed by atoms with van der Waals surface area (Å²) >= 11 is 0. The van der Waals surface area contributed by atoms with Crippen LogP contribution in [0.1, 0.15) is 36.8 Å². The van der Waals surface area contributed by atoms with Crippen LogP contribution in [0.3, 0.4) is 0 Å². The highest BCUT2D eigenvalue weighted by Gasteiger charge is 2.03. The lowest BCUT2D eigenvalue weighted by Crippen LogP contribution is -2.22. The fourth-order valence-electron chi connectivity index (χ4n) is 1.59. The molecule has 2 nitrogen and oxygen atoms in total. The molecule has 2 rings (SSSR count). The van der Waals surface area contributed by atoms with E-state index < -0.39 is 0 Å². The molecule has 0 spiro atoms. The molecule has 1 N–H and O–H groups in total. The predicted molar refractivity (Wildman–Crippen MR) is 82.3 cm³/mol. The zero-order valence-corrected chi connectivity index (χ0v) is 11.8. The average molecular weight is 257 g/mol. The third-order valence-corrected chi connectivity index (χ3v) is 2.61. The van der Waals surface area contributed by atoms with E-state index in [1.54, 1.807) is 0 Å². The summed E-state index contributed by atoms with van der Waals surface area (Å²) in [6.45, 7) is 6.57. The van der Waals surface area contributed by atoms with Crippen LogP contribution in [0.15, 0.2) is 54.6 Å². The molecule has 2 aromatic rings. The maximum absolute atomic E-state index is 11.8. The number of carbonyl (C=O) groups is 1. The normalized spacial score (nSPS) is 9.21. The molecule has 0 aliphatic carbocycles. The van der Waals surface area contributed by atoms with E-state index in [1.807, 2.05) is 75.4 Å². The summed E-state index contributed by atoms with van der Waals surface area (Å²) in [6.07, 6.45) is 0. The second kappa shape index (κ2) is 8.09. The summed E-state index contributed by atoms with van der Waals surface area (Å²) < 4.78 is 0. The Balaban J connectivity index is 0.00000115. The third kappa shape index (κ3) is 4.96. The number of benzene rings is 2. The van der Waals surface area contributed by atoms with Crippen molar-refractivity contribution in [2.24, 2.45) is 0 Å². The minimum atomic E-state index is -0.0335. The molecule has 0 aromatic heterocycles. The Kier molecular flexibility index (Phi) is 6.37. The maximum Gasteiger partial charge on any atom is 0.251 e. The Bertz CT molecular complexity index is 494. The molecule has 0 bridgehead atoms. The Hall–Kier alpha value is -2.09. The number of hydrogen-bond acceptors (Lipinski definition) is 1. The SMILES string of the molecule is CC.Cc1ccc(C(=O)NCc2ccccc2)cc1.[HH]. The van der Waals surface area contributed by atoms with E-state index in [2.05, 4.69) is 5.32 Å². The number of rotatable bonds is 3. The van der Waals surface area contributed by atoms with Gasteiger partial charge in [-0.2, -0.15) is 0 Å². The Morgan fingerprint density at radius 1 is 1.00 bits per heavy atom. The highest BCUT2D eigenvalue weighted by molar-refractivity contribution is 5.94. The lowest BCUT2D eigenvalue weighted by molar-refractivity contribution is 0.0951. The molecule has 1 amide bonds. The van der Waals surface area contributed by atoms with Gasteiger partial charge in [0.1, 0.15) is 0 Å². The largest absolute Gasteiger partial charge is 0.348 e. The second-order valence-corrected chi connectivity index (χ2v) is 4.03. The van der Waals surface area contributed by atoms with Gasteiger partial charge < -0.3 is 5.32 Å². The fourth-order valence-corrected chi connectivity index (χ4v) is 1.59. The molecule has 0 aliphatic heterocycles. The minimum absolute atomic E-state index is 0. The maximum atomic E-state index is 11.8. The molecule has 0 fully saturated rings. The van der Waals surface area contributed by atoms with E-state index in [0.717, 1.165) is 11.1 Å². The first-order chi connectivity index (χ1) is 9.25. The first-order valence-corrected chi connectivity index (χ1v) is 6.64. The first-order valence-electron chi connectivity index (χ1n) is 6.64. The lowest BCUT2D eigenvalue weighted by atomic mass is 10.1. The number of hydrogen-bond donors (Lipinski definition) is 1. The predicted octanol–water partition coefficient (Wildman–Crippen LogP) is 4.20. The molecular weight excluding hydrogens is 234 g/mol. The van der Waals surface area contributed by atoms with Gasteiger partial charge in [-0.3, -0.25) is 4.79 Å². The first kappa shape index (κ1) is 15.0. The summed E-state index contributed by atoms with van der Waals surface area (Å²) in [5, 5.41) is 2.90. The van der Waals surface area contributed by atoms with Crippen molar-refractivity contribution in [1.82, 2.24) is 5.32 Å². The van der Waals surface area contributed by atoms with Crippen molar-refractivity contribution in [3.63, 3.8) is 0 Å². The van der Waals surface area contributed by atoms with Crippen LogP contribution >= 0.6 is 0 Å². The highest BCUT2D eigenvalue weighted by Crippen LogP contribution is 2.04.